The summed E-state index contributed by atoms with van der Waals surface area (Å²) >= 11 is 0. The van der Waals surface area contributed by atoms with Crippen LogP contribution in [0.3, 0.4) is 0 Å². The third kappa shape index (κ3) is 2.87. The summed E-state index contributed by atoms with van der Waals surface area (Å²) in [7, 11) is 0. The molecule has 1 N–H and O–H groups in total. The van der Waals surface area contributed by atoms with Crippen LogP contribution >= 0.6 is 0 Å². The Morgan fingerprint density at radius 2 is 2.08 bits per heavy atom. The van der Waals surface area contributed by atoms with Gasteiger partial charge in [0.1, 0.15) is 0 Å². The van der Waals surface area contributed by atoms with Gasteiger partial charge in [-0.3, -0.25) is 14.6 Å². The number of hydrogen-bond donors (Lipinski definition) is 1. The molecule has 2 bridgehead atoms. The summed E-state index contributed by atoms with van der Waals surface area (Å²) in [6.07, 6.45) is 8.04. The molecule has 1 aromatic rings. The van der Waals surface area contributed by atoms with Gasteiger partial charge in [0.25, 0.3) is 0 Å². The van der Waals surface area contributed by atoms with E-state index in [0.717, 1.165) is 57.7 Å². The highest BCUT2D eigenvalue weighted by Gasteiger charge is 2.59. The second-order valence-electron chi connectivity index (χ2n) is 8.63. The van der Waals surface area contributed by atoms with E-state index < -0.39 is 0 Å². The summed E-state index contributed by atoms with van der Waals surface area (Å²) < 4.78 is 0. The number of carbonyl (C=O) groups excluding carboxylic acids is 1. The summed E-state index contributed by atoms with van der Waals surface area (Å²) in [6, 6.07) is 1.50. The number of aromatic amines is 1. The van der Waals surface area contributed by atoms with E-state index in [9.17, 15) is 4.79 Å². The average molecular weight is 360 g/mol. The number of H-pyrrole nitrogens is 1. The number of rotatable bonds is 5. The fourth-order valence-corrected chi connectivity index (χ4v) is 5.63. The molecule has 0 unspecified atom stereocenters. The maximum Gasteiger partial charge on any atom is 0.230 e. The Balaban J connectivity index is 1.48. The van der Waals surface area contributed by atoms with E-state index in [0.29, 0.717) is 24.0 Å². The first-order chi connectivity index (χ1) is 12.5. The summed E-state index contributed by atoms with van der Waals surface area (Å²) in [5, 5.41) is 0. The molecule has 6 heteroatoms. The molecule has 3 fully saturated rings. The smallest absolute Gasteiger partial charge is 0.230 e. The van der Waals surface area contributed by atoms with Gasteiger partial charge in [0, 0.05) is 62.7 Å². The van der Waals surface area contributed by atoms with Gasteiger partial charge in [-0.25, -0.2) is 4.98 Å². The third-order valence-corrected chi connectivity index (χ3v) is 7.18. The first-order valence-corrected chi connectivity index (χ1v) is 10.3. The number of carbonyl (C=O) groups is 1. The zero-order chi connectivity index (χ0) is 18.3. The topological polar surface area (TPSA) is 55.5 Å². The fraction of sp³-hybridized carbons (Fsp3) is 0.800. The summed E-state index contributed by atoms with van der Waals surface area (Å²) in [5.74, 6) is 0.421. The Labute approximate surface area is 156 Å². The van der Waals surface area contributed by atoms with Crippen LogP contribution < -0.4 is 0 Å². The predicted molar refractivity (Wildman–Crippen MR) is 102 cm³/mol. The average Bonchev–Trinajstić information content (AvgIpc) is 3.38. The molecule has 3 aliphatic rings. The van der Waals surface area contributed by atoms with E-state index in [4.69, 9.17) is 0 Å². The molecule has 144 valence electrons. The zero-order valence-corrected chi connectivity index (χ0v) is 16.4. The van der Waals surface area contributed by atoms with Gasteiger partial charge in [-0.15, -0.1) is 0 Å². The molecular formula is C20H33N5O. The van der Waals surface area contributed by atoms with Gasteiger partial charge in [0.15, 0.2) is 0 Å². The van der Waals surface area contributed by atoms with Gasteiger partial charge < -0.3 is 9.88 Å². The number of nitrogens with one attached hydrogen (secondary N) is 1. The highest BCUT2D eigenvalue weighted by molar-refractivity contribution is 5.84. The molecule has 0 aliphatic carbocycles. The highest BCUT2D eigenvalue weighted by Crippen LogP contribution is 2.53. The largest absolute Gasteiger partial charge is 0.347 e. The van der Waals surface area contributed by atoms with Crippen LogP contribution in [0.5, 0.6) is 0 Å². The molecule has 0 radical (unpaired) electrons. The Morgan fingerprint density at radius 1 is 1.31 bits per heavy atom. The number of imidazole rings is 1. The molecule has 4 heterocycles. The lowest BCUT2D eigenvalue weighted by Crippen LogP contribution is -2.56. The van der Waals surface area contributed by atoms with E-state index in [-0.39, 0.29) is 5.41 Å². The molecule has 6 nitrogen and oxygen atoms in total. The normalized spacial score (nSPS) is 32.7. The van der Waals surface area contributed by atoms with Crippen molar-refractivity contribution in [3.63, 3.8) is 0 Å². The van der Waals surface area contributed by atoms with Crippen molar-refractivity contribution in [2.75, 3.05) is 26.2 Å². The summed E-state index contributed by atoms with van der Waals surface area (Å²) in [4.78, 5) is 28.2. The summed E-state index contributed by atoms with van der Waals surface area (Å²) in [5.41, 5.74) is 0.981. The Morgan fingerprint density at radius 3 is 2.69 bits per heavy atom. The lowest BCUT2D eigenvalue weighted by molar-refractivity contribution is -0.146. The quantitative estimate of drug-likeness (QED) is 0.875. The van der Waals surface area contributed by atoms with Crippen LogP contribution in [0, 0.1) is 5.41 Å². The van der Waals surface area contributed by atoms with Crippen molar-refractivity contribution in [1.82, 2.24) is 24.7 Å². The number of fused-ring (bicyclic) bond motifs is 2. The van der Waals surface area contributed by atoms with Crippen molar-refractivity contribution < 1.29 is 4.79 Å². The Bertz CT molecular complexity index is 622. The van der Waals surface area contributed by atoms with Gasteiger partial charge in [0.2, 0.25) is 5.91 Å². The molecule has 0 saturated carbocycles. The maximum absolute atomic E-state index is 13.6. The number of hydrogen-bond acceptors (Lipinski definition) is 4. The molecule has 0 spiro atoms. The number of piperazine rings is 1. The monoisotopic (exact) mass is 359 g/mol. The first kappa shape index (κ1) is 18.0. The summed E-state index contributed by atoms with van der Waals surface area (Å²) in [6.45, 7) is 11.4. The van der Waals surface area contributed by atoms with E-state index in [1.807, 2.05) is 6.20 Å². The molecule has 3 saturated heterocycles. The maximum atomic E-state index is 13.6. The van der Waals surface area contributed by atoms with Crippen molar-refractivity contribution in [1.29, 1.82) is 0 Å². The van der Waals surface area contributed by atoms with Crippen LogP contribution in [0.4, 0.5) is 0 Å². The minimum atomic E-state index is -0.178. The number of nitrogens with zero attached hydrogens (tertiary/aromatic N) is 4. The van der Waals surface area contributed by atoms with Crippen LogP contribution in [-0.4, -0.2) is 74.9 Å². The first-order valence-electron chi connectivity index (χ1n) is 10.3. The van der Waals surface area contributed by atoms with E-state index >= 15 is 0 Å². The standard InChI is InChI=1S/C20H33N5O/c1-4-20(19(26)24-9-7-23(8-10-24)15(2)3)11-17-5-6-18(20)25(17)13-16-12-21-14-22-16/h12,14-15,17-18H,4-11,13H2,1-3H3,(H,21,22)/t17-,18+,20+/m0/s1. The molecule has 4 rings (SSSR count). The zero-order valence-electron chi connectivity index (χ0n) is 16.4. The van der Waals surface area contributed by atoms with Crippen LogP contribution in [0.15, 0.2) is 12.5 Å². The van der Waals surface area contributed by atoms with Crippen molar-refractivity contribution in [2.24, 2.45) is 5.41 Å². The minimum Gasteiger partial charge on any atom is -0.347 e. The van der Waals surface area contributed by atoms with Crippen LogP contribution in [0.2, 0.25) is 0 Å². The molecule has 1 amide bonds. The van der Waals surface area contributed by atoms with Crippen molar-refractivity contribution >= 4 is 5.91 Å². The van der Waals surface area contributed by atoms with E-state index in [1.165, 1.54) is 6.42 Å². The van der Waals surface area contributed by atoms with Gasteiger partial charge in [-0.1, -0.05) is 6.92 Å². The predicted octanol–water partition coefficient (Wildman–Crippen LogP) is 2.10. The second kappa shape index (κ2) is 6.97. The lowest BCUT2D eigenvalue weighted by atomic mass is 9.70. The molecule has 3 aliphatic heterocycles. The molecule has 26 heavy (non-hydrogen) atoms. The number of aromatic nitrogens is 2. The molecule has 3 atom stereocenters. The van der Waals surface area contributed by atoms with E-state index in [1.54, 1.807) is 6.33 Å². The molecule has 0 aromatic carbocycles. The second-order valence-corrected chi connectivity index (χ2v) is 8.63. The van der Waals surface area contributed by atoms with Crippen molar-refractivity contribution in [3.05, 3.63) is 18.2 Å². The van der Waals surface area contributed by atoms with Gasteiger partial charge in [-0.05, 0) is 39.5 Å². The minimum absolute atomic E-state index is 0.178. The fourth-order valence-electron chi connectivity index (χ4n) is 5.63. The van der Waals surface area contributed by atoms with Crippen LogP contribution in [0.25, 0.3) is 0 Å². The van der Waals surface area contributed by atoms with Crippen LogP contribution in [-0.2, 0) is 11.3 Å². The van der Waals surface area contributed by atoms with Gasteiger partial charge in [0.05, 0.1) is 11.7 Å². The lowest BCUT2D eigenvalue weighted by Gasteiger charge is -2.43. The molecule has 1 aromatic heterocycles. The van der Waals surface area contributed by atoms with Gasteiger partial charge >= 0.3 is 0 Å². The number of amides is 1. The highest BCUT2D eigenvalue weighted by atomic mass is 16.2. The van der Waals surface area contributed by atoms with Crippen LogP contribution in [0.1, 0.15) is 52.1 Å². The Hall–Kier alpha value is -1.40. The van der Waals surface area contributed by atoms with Crippen molar-refractivity contribution in [3.8, 4) is 0 Å². The molecular weight excluding hydrogens is 326 g/mol. The van der Waals surface area contributed by atoms with E-state index in [2.05, 4.69) is 45.4 Å². The van der Waals surface area contributed by atoms with Crippen molar-refractivity contribution in [2.45, 2.75) is 71.1 Å². The third-order valence-electron chi connectivity index (χ3n) is 7.18. The SMILES string of the molecule is CC[C@@]1(C(=O)N2CCN(C(C)C)CC2)C[C@@H]2CC[C@H]1N2Cc1cnc[nH]1. The van der Waals surface area contributed by atoms with Gasteiger partial charge in [-0.2, -0.15) is 0 Å². The Kier molecular flexibility index (Phi) is 4.82.